The van der Waals surface area contributed by atoms with Crippen molar-refractivity contribution in [2.45, 2.75) is 32.4 Å². The van der Waals surface area contributed by atoms with Crippen molar-refractivity contribution >= 4 is 5.69 Å². The lowest BCUT2D eigenvalue weighted by atomic mass is 9.90. The average Bonchev–Trinajstić information content (AvgIpc) is 2.32. The zero-order chi connectivity index (χ0) is 12.4. The zero-order valence-corrected chi connectivity index (χ0v) is 10.8. The van der Waals surface area contributed by atoms with Crippen LogP contribution in [0.25, 0.3) is 0 Å². The van der Waals surface area contributed by atoms with Crippen LogP contribution in [0.1, 0.15) is 20.3 Å². The fourth-order valence-corrected chi connectivity index (χ4v) is 2.61. The van der Waals surface area contributed by atoms with Crippen LogP contribution in [0.5, 0.6) is 0 Å². The summed E-state index contributed by atoms with van der Waals surface area (Å²) in [6, 6.07) is 7.85. The lowest BCUT2D eigenvalue weighted by Crippen LogP contribution is -2.50. The van der Waals surface area contributed by atoms with Gasteiger partial charge in [-0.25, -0.2) is 4.39 Å². The summed E-state index contributed by atoms with van der Waals surface area (Å²) in [5, 5.41) is 3.49. The molecule has 1 aliphatic heterocycles. The van der Waals surface area contributed by atoms with Crippen molar-refractivity contribution in [2.75, 3.05) is 18.5 Å². The molecular formula is C14H21FN2. The number of piperidine rings is 1. The molecule has 3 heteroatoms. The van der Waals surface area contributed by atoms with Crippen molar-refractivity contribution in [1.29, 1.82) is 0 Å². The van der Waals surface area contributed by atoms with Crippen molar-refractivity contribution in [3.8, 4) is 0 Å². The Kier molecular flexibility index (Phi) is 3.67. The van der Waals surface area contributed by atoms with Crippen LogP contribution in [0.15, 0.2) is 24.3 Å². The summed E-state index contributed by atoms with van der Waals surface area (Å²) in [6.45, 7) is 5.54. The van der Waals surface area contributed by atoms with Gasteiger partial charge in [-0.3, -0.25) is 0 Å². The predicted molar refractivity (Wildman–Crippen MR) is 69.8 cm³/mol. The fraction of sp³-hybridized carbons (Fsp3) is 0.571. The molecule has 0 aliphatic carbocycles. The molecule has 2 rings (SSSR count). The minimum absolute atomic E-state index is 0.172. The SMILES string of the molecule is C[C@@H]1CN[C@@H](C)CC1N(C)c1ccc(F)cc1. The first-order valence-electron chi connectivity index (χ1n) is 6.29. The highest BCUT2D eigenvalue weighted by molar-refractivity contribution is 5.46. The van der Waals surface area contributed by atoms with Crippen LogP contribution in [-0.2, 0) is 0 Å². The first-order valence-corrected chi connectivity index (χ1v) is 6.29. The van der Waals surface area contributed by atoms with E-state index in [0.717, 1.165) is 18.7 Å². The number of anilines is 1. The van der Waals surface area contributed by atoms with Crippen molar-refractivity contribution in [1.82, 2.24) is 5.32 Å². The molecule has 0 bridgehead atoms. The van der Waals surface area contributed by atoms with Gasteiger partial charge in [0.15, 0.2) is 0 Å². The second-order valence-corrected chi connectivity index (χ2v) is 5.18. The molecule has 17 heavy (non-hydrogen) atoms. The third kappa shape index (κ3) is 2.78. The normalized spacial score (nSPS) is 29.1. The van der Waals surface area contributed by atoms with E-state index in [1.54, 1.807) is 0 Å². The Morgan fingerprint density at radius 3 is 2.53 bits per heavy atom. The number of hydrogen-bond donors (Lipinski definition) is 1. The summed E-state index contributed by atoms with van der Waals surface area (Å²) < 4.78 is 12.9. The van der Waals surface area contributed by atoms with Gasteiger partial charge in [-0.2, -0.15) is 0 Å². The monoisotopic (exact) mass is 236 g/mol. The minimum atomic E-state index is -0.172. The molecule has 2 nitrogen and oxygen atoms in total. The number of halogens is 1. The molecule has 1 aliphatic rings. The van der Waals surface area contributed by atoms with E-state index in [9.17, 15) is 4.39 Å². The molecule has 0 amide bonds. The third-order valence-electron chi connectivity index (χ3n) is 3.77. The van der Waals surface area contributed by atoms with Gasteiger partial charge in [0.05, 0.1) is 0 Å². The summed E-state index contributed by atoms with van der Waals surface area (Å²) in [5.74, 6) is 0.440. The molecule has 3 atom stereocenters. The van der Waals surface area contributed by atoms with Gasteiger partial charge in [-0.1, -0.05) is 6.92 Å². The maximum absolute atomic E-state index is 12.9. The van der Waals surface area contributed by atoms with E-state index in [-0.39, 0.29) is 5.82 Å². The third-order valence-corrected chi connectivity index (χ3v) is 3.77. The lowest BCUT2D eigenvalue weighted by Gasteiger charge is -2.40. The standard InChI is InChI=1S/C14H21FN2/c1-10-9-16-11(2)8-14(10)17(3)13-6-4-12(15)5-7-13/h4-7,10-11,14,16H,8-9H2,1-3H3/t10-,11+,14?/m1/s1. The second kappa shape index (κ2) is 5.05. The molecular weight excluding hydrogens is 215 g/mol. The van der Waals surface area contributed by atoms with Crippen molar-refractivity contribution in [2.24, 2.45) is 5.92 Å². The summed E-state index contributed by atoms with van der Waals surface area (Å²) >= 11 is 0. The summed E-state index contributed by atoms with van der Waals surface area (Å²) in [7, 11) is 2.10. The Labute approximate surface area is 103 Å². The summed E-state index contributed by atoms with van der Waals surface area (Å²) in [4.78, 5) is 2.28. The summed E-state index contributed by atoms with van der Waals surface area (Å²) in [6.07, 6.45) is 1.13. The van der Waals surface area contributed by atoms with Crippen LogP contribution in [0.2, 0.25) is 0 Å². The Balaban J connectivity index is 2.12. The maximum atomic E-state index is 12.9. The number of nitrogens with zero attached hydrogens (tertiary/aromatic N) is 1. The van der Waals surface area contributed by atoms with Gasteiger partial charge in [-0.15, -0.1) is 0 Å². The molecule has 1 saturated heterocycles. The molecule has 1 unspecified atom stereocenters. The number of nitrogens with one attached hydrogen (secondary N) is 1. The Morgan fingerprint density at radius 1 is 1.24 bits per heavy atom. The van der Waals surface area contributed by atoms with Gasteiger partial charge in [0.25, 0.3) is 0 Å². The van der Waals surface area contributed by atoms with Gasteiger partial charge in [0.1, 0.15) is 5.82 Å². The number of benzene rings is 1. The molecule has 1 aromatic carbocycles. The largest absolute Gasteiger partial charge is 0.371 e. The van der Waals surface area contributed by atoms with Gasteiger partial charge < -0.3 is 10.2 Å². The van der Waals surface area contributed by atoms with Crippen LogP contribution in [0, 0.1) is 11.7 Å². The highest BCUT2D eigenvalue weighted by Crippen LogP contribution is 2.25. The first kappa shape index (κ1) is 12.4. The highest BCUT2D eigenvalue weighted by Gasteiger charge is 2.28. The van der Waals surface area contributed by atoms with Crippen LogP contribution < -0.4 is 10.2 Å². The van der Waals surface area contributed by atoms with Crippen molar-refractivity contribution in [3.05, 3.63) is 30.1 Å². The van der Waals surface area contributed by atoms with Gasteiger partial charge in [-0.05, 0) is 50.1 Å². The maximum Gasteiger partial charge on any atom is 0.123 e. The van der Waals surface area contributed by atoms with E-state index in [0.29, 0.717) is 18.0 Å². The predicted octanol–water partition coefficient (Wildman–Crippen LogP) is 2.65. The van der Waals surface area contributed by atoms with Crippen LogP contribution >= 0.6 is 0 Å². The zero-order valence-electron chi connectivity index (χ0n) is 10.8. The smallest absolute Gasteiger partial charge is 0.123 e. The Morgan fingerprint density at radius 2 is 1.88 bits per heavy atom. The average molecular weight is 236 g/mol. The highest BCUT2D eigenvalue weighted by atomic mass is 19.1. The molecule has 0 saturated carbocycles. The van der Waals surface area contributed by atoms with E-state index < -0.39 is 0 Å². The molecule has 94 valence electrons. The van der Waals surface area contributed by atoms with E-state index in [1.807, 2.05) is 12.1 Å². The van der Waals surface area contributed by atoms with Gasteiger partial charge >= 0.3 is 0 Å². The number of hydrogen-bond acceptors (Lipinski definition) is 2. The van der Waals surface area contributed by atoms with E-state index in [1.165, 1.54) is 12.1 Å². The second-order valence-electron chi connectivity index (χ2n) is 5.18. The molecule has 0 radical (unpaired) electrons. The topological polar surface area (TPSA) is 15.3 Å². The van der Waals surface area contributed by atoms with E-state index in [2.05, 4.69) is 31.1 Å². The molecule has 1 fully saturated rings. The van der Waals surface area contributed by atoms with Crippen LogP contribution in [0.3, 0.4) is 0 Å². The van der Waals surface area contributed by atoms with Gasteiger partial charge in [0, 0.05) is 24.8 Å². The quantitative estimate of drug-likeness (QED) is 0.849. The Hall–Kier alpha value is -1.09. The molecule has 1 N–H and O–H groups in total. The Bertz CT molecular complexity index is 363. The number of rotatable bonds is 2. The minimum Gasteiger partial charge on any atom is -0.371 e. The lowest BCUT2D eigenvalue weighted by molar-refractivity contribution is 0.291. The van der Waals surface area contributed by atoms with Crippen molar-refractivity contribution in [3.63, 3.8) is 0 Å². The first-order chi connectivity index (χ1) is 8.08. The molecule has 0 spiro atoms. The van der Waals surface area contributed by atoms with E-state index in [4.69, 9.17) is 0 Å². The van der Waals surface area contributed by atoms with Crippen LogP contribution in [-0.4, -0.2) is 25.7 Å². The summed E-state index contributed by atoms with van der Waals surface area (Å²) in [5.41, 5.74) is 1.09. The van der Waals surface area contributed by atoms with Crippen molar-refractivity contribution < 1.29 is 4.39 Å². The molecule has 1 heterocycles. The van der Waals surface area contributed by atoms with Gasteiger partial charge in [0.2, 0.25) is 0 Å². The fourth-order valence-electron chi connectivity index (χ4n) is 2.61. The van der Waals surface area contributed by atoms with E-state index >= 15 is 0 Å². The van der Waals surface area contributed by atoms with Crippen LogP contribution in [0.4, 0.5) is 10.1 Å². The molecule has 0 aromatic heterocycles. The molecule has 1 aromatic rings.